The number of benzene rings is 1. The van der Waals surface area contributed by atoms with E-state index in [1.165, 1.54) is 5.56 Å². The summed E-state index contributed by atoms with van der Waals surface area (Å²) in [6.07, 6.45) is 1.80. The van der Waals surface area contributed by atoms with Crippen molar-refractivity contribution in [2.75, 3.05) is 0 Å². The lowest BCUT2D eigenvalue weighted by Crippen LogP contribution is -2.22. The van der Waals surface area contributed by atoms with Gasteiger partial charge in [-0.05, 0) is 29.9 Å². The lowest BCUT2D eigenvalue weighted by atomic mass is 9.83. The van der Waals surface area contributed by atoms with Crippen molar-refractivity contribution in [1.29, 1.82) is 0 Å². The van der Waals surface area contributed by atoms with E-state index >= 15 is 0 Å². The fourth-order valence-corrected chi connectivity index (χ4v) is 1.95. The summed E-state index contributed by atoms with van der Waals surface area (Å²) in [6.45, 7) is 10.6. The standard InChI is InChI=1S/C15H24O/c1-6-10-15(5,16)13-9-7-8-12(11-13)14(2,3)4/h7-9,11,16H,6,10H2,1-5H3/t15-/m0/s1. The van der Waals surface area contributed by atoms with Crippen molar-refractivity contribution in [2.45, 2.75) is 58.5 Å². The Hall–Kier alpha value is -0.820. The van der Waals surface area contributed by atoms with Gasteiger partial charge in [-0.1, -0.05) is 58.4 Å². The van der Waals surface area contributed by atoms with Crippen LogP contribution in [0.2, 0.25) is 0 Å². The molecule has 1 heteroatoms. The second-order valence-corrected chi connectivity index (χ2v) is 5.85. The average molecular weight is 220 g/mol. The molecule has 0 radical (unpaired) electrons. The molecule has 0 amide bonds. The van der Waals surface area contributed by atoms with E-state index in [-0.39, 0.29) is 5.41 Å². The van der Waals surface area contributed by atoms with Crippen LogP contribution in [-0.4, -0.2) is 5.11 Å². The maximum absolute atomic E-state index is 10.4. The highest BCUT2D eigenvalue weighted by molar-refractivity contribution is 5.31. The highest BCUT2D eigenvalue weighted by Gasteiger charge is 2.23. The van der Waals surface area contributed by atoms with Crippen molar-refractivity contribution in [3.05, 3.63) is 35.4 Å². The Morgan fingerprint density at radius 2 is 1.62 bits per heavy atom. The van der Waals surface area contributed by atoms with Gasteiger partial charge in [0.05, 0.1) is 5.60 Å². The van der Waals surface area contributed by atoms with E-state index in [1.807, 2.05) is 19.1 Å². The SMILES string of the molecule is CCC[C@](C)(O)c1cccc(C(C)(C)C)c1. The Morgan fingerprint density at radius 3 is 2.12 bits per heavy atom. The first kappa shape index (κ1) is 13.2. The van der Waals surface area contributed by atoms with Gasteiger partial charge in [0.2, 0.25) is 0 Å². The van der Waals surface area contributed by atoms with Crippen LogP contribution in [0.5, 0.6) is 0 Å². The maximum atomic E-state index is 10.4. The molecule has 0 spiro atoms. The Morgan fingerprint density at radius 1 is 1.06 bits per heavy atom. The fraction of sp³-hybridized carbons (Fsp3) is 0.600. The third kappa shape index (κ3) is 3.08. The van der Waals surface area contributed by atoms with Gasteiger partial charge in [0.25, 0.3) is 0 Å². The zero-order chi connectivity index (χ0) is 12.4. The van der Waals surface area contributed by atoms with Gasteiger partial charge in [0.1, 0.15) is 0 Å². The van der Waals surface area contributed by atoms with Crippen LogP contribution in [0, 0.1) is 0 Å². The highest BCUT2D eigenvalue weighted by Crippen LogP contribution is 2.30. The van der Waals surface area contributed by atoms with E-state index in [4.69, 9.17) is 0 Å². The Balaban J connectivity index is 3.08. The van der Waals surface area contributed by atoms with E-state index in [2.05, 4.69) is 39.8 Å². The highest BCUT2D eigenvalue weighted by atomic mass is 16.3. The lowest BCUT2D eigenvalue weighted by Gasteiger charge is -2.26. The third-order valence-corrected chi connectivity index (χ3v) is 3.09. The van der Waals surface area contributed by atoms with Gasteiger partial charge in [0, 0.05) is 0 Å². The predicted molar refractivity (Wildman–Crippen MR) is 69.6 cm³/mol. The van der Waals surface area contributed by atoms with Crippen molar-refractivity contribution < 1.29 is 5.11 Å². The van der Waals surface area contributed by atoms with Crippen molar-refractivity contribution in [2.24, 2.45) is 0 Å². The van der Waals surface area contributed by atoms with Gasteiger partial charge in [-0.25, -0.2) is 0 Å². The van der Waals surface area contributed by atoms with Crippen LogP contribution in [0.3, 0.4) is 0 Å². The second-order valence-electron chi connectivity index (χ2n) is 5.85. The van der Waals surface area contributed by atoms with Crippen LogP contribution in [-0.2, 0) is 11.0 Å². The van der Waals surface area contributed by atoms with Crippen molar-refractivity contribution in [3.8, 4) is 0 Å². The van der Waals surface area contributed by atoms with E-state index in [1.54, 1.807) is 0 Å². The molecule has 90 valence electrons. The smallest absolute Gasteiger partial charge is 0.0868 e. The first-order valence-electron chi connectivity index (χ1n) is 6.11. The normalized spacial score (nSPS) is 15.9. The van der Waals surface area contributed by atoms with Crippen molar-refractivity contribution >= 4 is 0 Å². The summed E-state index contributed by atoms with van der Waals surface area (Å²) in [5, 5.41) is 10.4. The van der Waals surface area contributed by atoms with Crippen molar-refractivity contribution in [3.63, 3.8) is 0 Å². The Labute approximate surface area is 99.5 Å². The van der Waals surface area contributed by atoms with Crippen molar-refractivity contribution in [1.82, 2.24) is 0 Å². The quantitative estimate of drug-likeness (QED) is 0.816. The van der Waals surface area contributed by atoms with Gasteiger partial charge in [-0.2, -0.15) is 0 Å². The molecule has 0 aliphatic heterocycles. The van der Waals surface area contributed by atoms with E-state index in [0.717, 1.165) is 18.4 Å². The van der Waals surface area contributed by atoms with Crippen LogP contribution in [0.1, 0.15) is 58.6 Å². The first-order chi connectivity index (χ1) is 7.27. The molecule has 0 heterocycles. The molecule has 0 saturated heterocycles. The molecule has 0 fully saturated rings. The van der Waals surface area contributed by atoms with Crippen LogP contribution in [0.25, 0.3) is 0 Å². The Bertz CT molecular complexity index is 345. The molecule has 1 rings (SSSR count). The summed E-state index contributed by atoms with van der Waals surface area (Å²) in [5.74, 6) is 0. The molecule has 0 saturated carbocycles. The van der Waals surface area contributed by atoms with Crippen LogP contribution in [0.4, 0.5) is 0 Å². The minimum atomic E-state index is -0.698. The molecule has 1 nitrogen and oxygen atoms in total. The predicted octanol–water partition coefficient (Wildman–Crippen LogP) is 3.99. The average Bonchev–Trinajstić information content (AvgIpc) is 2.16. The van der Waals surface area contributed by atoms with Crippen LogP contribution < -0.4 is 0 Å². The van der Waals surface area contributed by atoms with Gasteiger partial charge in [0.15, 0.2) is 0 Å². The maximum Gasteiger partial charge on any atom is 0.0868 e. The zero-order valence-electron chi connectivity index (χ0n) is 11.2. The molecule has 0 unspecified atom stereocenters. The van der Waals surface area contributed by atoms with Gasteiger partial charge >= 0.3 is 0 Å². The molecule has 1 aromatic carbocycles. The fourth-order valence-electron chi connectivity index (χ4n) is 1.95. The summed E-state index contributed by atoms with van der Waals surface area (Å²) in [6, 6.07) is 8.33. The van der Waals surface area contributed by atoms with Gasteiger partial charge in [-0.15, -0.1) is 0 Å². The van der Waals surface area contributed by atoms with Crippen LogP contribution >= 0.6 is 0 Å². The van der Waals surface area contributed by atoms with E-state index in [0.29, 0.717) is 0 Å². The molecule has 0 aliphatic rings. The molecule has 0 aromatic heterocycles. The lowest BCUT2D eigenvalue weighted by molar-refractivity contribution is 0.0468. The van der Waals surface area contributed by atoms with Crippen LogP contribution in [0.15, 0.2) is 24.3 Å². The number of hydrogen-bond acceptors (Lipinski definition) is 1. The Kier molecular flexibility index (Phi) is 3.80. The number of hydrogen-bond donors (Lipinski definition) is 1. The molecule has 1 N–H and O–H groups in total. The summed E-state index contributed by atoms with van der Waals surface area (Å²) < 4.78 is 0. The second kappa shape index (κ2) is 4.58. The summed E-state index contributed by atoms with van der Waals surface area (Å²) >= 11 is 0. The van der Waals surface area contributed by atoms with E-state index in [9.17, 15) is 5.11 Å². The number of rotatable bonds is 3. The topological polar surface area (TPSA) is 20.2 Å². The van der Waals surface area contributed by atoms with Gasteiger partial charge in [-0.3, -0.25) is 0 Å². The molecule has 0 bridgehead atoms. The molecular weight excluding hydrogens is 196 g/mol. The minimum Gasteiger partial charge on any atom is -0.385 e. The van der Waals surface area contributed by atoms with Gasteiger partial charge < -0.3 is 5.11 Å². The molecule has 0 aliphatic carbocycles. The first-order valence-corrected chi connectivity index (χ1v) is 6.11. The summed E-state index contributed by atoms with van der Waals surface area (Å²) in [4.78, 5) is 0. The molecule has 16 heavy (non-hydrogen) atoms. The third-order valence-electron chi connectivity index (χ3n) is 3.09. The summed E-state index contributed by atoms with van der Waals surface area (Å²) in [7, 11) is 0. The zero-order valence-corrected chi connectivity index (χ0v) is 11.2. The monoisotopic (exact) mass is 220 g/mol. The molecule has 1 atom stereocenters. The van der Waals surface area contributed by atoms with E-state index < -0.39 is 5.60 Å². The molecule has 1 aromatic rings. The summed E-state index contributed by atoms with van der Waals surface area (Å²) in [5.41, 5.74) is 1.75. The minimum absolute atomic E-state index is 0.137. The largest absolute Gasteiger partial charge is 0.385 e. The number of aliphatic hydroxyl groups is 1. The molecular formula is C15H24O.